The van der Waals surface area contributed by atoms with Gasteiger partial charge in [-0.15, -0.1) is 0 Å². The van der Waals surface area contributed by atoms with Crippen LogP contribution in [0.4, 0.5) is 0 Å². The van der Waals surface area contributed by atoms with E-state index in [9.17, 15) is 0 Å². The molecule has 0 aromatic rings. The van der Waals surface area contributed by atoms with Gasteiger partial charge in [0.25, 0.3) is 0 Å². The normalized spacial score (nSPS) is 30.7. The summed E-state index contributed by atoms with van der Waals surface area (Å²) < 4.78 is 0. The van der Waals surface area contributed by atoms with Gasteiger partial charge in [0.1, 0.15) is 0 Å². The van der Waals surface area contributed by atoms with Crippen LogP contribution in [-0.4, -0.2) is 48.1 Å². The third-order valence-electron chi connectivity index (χ3n) is 2.84. The molecule has 0 spiro atoms. The van der Waals surface area contributed by atoms with Crippen molar-refractivity contribution in [3.63, 3.8) is 0 Å². The Hall–Kier alpha value is 0.270. The van der Waals surface area contributed by atoms with Crippen LogP contribution in [0.5, 0.6) is 0 Å². The first-order valence-electron chi connectivity index (χ1n) is 5.32. The maximum Gasteiger partial charge on any atom is 0.0184 e. The molecule has 1 aliphatic heterocycles. The lowest BCUT2D eigenvalue weighted by Crippen LogP contribution is -2.47. The van der Waals surface area contributed by atoms with Crippen molar-refractivity contribution in [3.8, 4) is 0 Å². The number of thioether (sulfide) groups is 1. The van der Waals surface area contributed by atoms with E-state index in [4.69, 9.17) is 0 Å². The standard InChI is InChI=1S/C10H22N2S/c1-4-11-5-6-12-7-8-13-10(3)9(12)2/h9-11H,4-8H2,1-3H3. The van der Waals surface area contributed by atoms with Crippen LogP contribution in [0.2, 0.25) is 0 Å². The summed E-state index contributed by atoms with van der Waals surface area (Å²) in [5.41, 5.74) is 0. The minimum atomic E-state index is 0.748. The monoisotopic (exact) mass is 202 g/mol. The van der Waals surface area contributed by atoms with Crippen molar-refractivity contribution in [1.82, 2.24) is 10.2 Å². The molecule has 0 radical (unpaired) electrons. The molecule has 0 aliphatic carbocycles. The Kier molecular flexibility index (Phi) is 5.14. The molecule has 1 N–H and O–H groups in total. The highest BCUT2D eigenvalue weighted by Crippen LogP contribution is 2.23. The summed E-state index contributed by atoms with van der Waals surface area (Å²) in [6.45, 7) is 11.6. The molecule has 1 rings (SSSR count). The van der Waals surface area contributed by atoms with Crippen LogP contribution >= 0.6 is 11.8 Å². The van der Waals surface area contributed by atoms with Crippen LogP contribution in [-0.2, 0) is 0 Å². The van der Waals surface area contributed by atoms with Crippen molar-refractivity contribution >= 4 is 11.8 Å². The summed E-state index contributed by atoms with van der Waals surface area (Å²) in [6, 6.07) is 0.748. The number of nitrogens with one attached hydrogen (secondary N) is 1. The smallest absolute Gasteiger partial charge is 0.0184 e. The summed E-state index contributed by atoms with van der Waals surface area (Å²) >= 11 is 2.11. The van der Waals surface area contributed by atoms with Gasteiger partial charge in [0.2, 0.25) is 0 Å². The molecule has 1 saturated heterocycles. The van der Waals surface area contributed by atoms with Gasteiger partial charge in [-0.25, -0.2) is 0 Å². The van der Waals surface area contributed by atoms with Crippen LogP contribution in [0.15, 0.2) is 0 Å². The molecule has 1 aliphatic rings. The number of hydrogen-bond donors (Lipinski definition) is 1. The third kappa shape index (κ3) is 3.49. The van der Waals surface area contributed by atoms with Crippen LogP contribution in [0.3, 0.4) is 0 Å². The Morgan fingerprint density at radius 3 is 2.92 bits per heavy atom. The van der Waals surface area contributed by atoms with E-state index in [1.807, 2.05) is 0 Å². The zero-order valence-corrected chi connectivity index (χ0v) is 9.86. The van der Waals surface area contributed by atoms with Crippen LogP contribution in [0.1, 0.15) is 20.8 Å². The zero-order chi connectivity index (χ0) is 9.68. The number of nitrogens with zero attached hydrogens (tertiary/aromatic N) is 1. The minimum absolute atomic E-state index is 0.748. The average Bonchev–Trinajstić information content (AvgIpc) is 2.13. The van der Waals surface area contributed by atoms with Gasteiger partial charge in [0.15, 0.2) is 0 Å². The van der Waals surface area contributed by atoms with E-state index in [1.165, 1.54) is 18.8 Å². The lowest BCUT2D eigenvalue weighted by Gasteiger charge is -2.37. The molecular formula is C10H22N2S. The maximum absolute atomic E-state index is 3.38. The Labute approximate surface area is 86.5 Å². The fraction of sp³-hybridized carbons (Fsp3) is 1.00. The highest BCUT2D eigenvalue weighted by Gasteiger charge is 2.24. The van der Waals surface area contributed by atoms with Crippen molar-refractivity contribution in [3.05, 3.63) is 0 Å². The Morgan fingerprint density at radius 1 is 1.46 bits per heavy atom. The molecule has 0 aromatic carbocycles. The first kappa shape index (κ1) is 11.3. The molecule has 2 unspecified atom stereocenters. The SMILES string of the molecule is CCNCCN1CCSC(C)C1C. The van der Waals surface area contributed by atoms with Gasteiger partial charge in [-0.2, -0.15) is 11.8 Å². The van der Waals surface area contributed by atoms with Gasteiger partial charge in [-0.1, -0.05) is 13.8 Å². The van der Waals surface area contributed by atoms with E-state index in [0.29, 0.717) is 0 Å². The lowest BCUT2D eigenvalue weighted by molar-refractivity contribution is 0.214. The highest BCUT2D eigenvalue weighted by molar-refractivity contribution is 8.00. The number of rotatable bonds is 4. The largest absolute Gasteiger partial charge is 0.316 e. The first-order chi connectivity index (χ1) is 6.25. The molecule has 0 amide bonds. The Bertz CT molecular complexity index is 141. The molecule has 1 heterocycles. The summed E-state index contributed by atoms with van der Waals surface area (Å²) in [6.07, 6.45) is 0. The minimum Gasteiger partial charge on any atom is -0.316 e. The van der Waals surface area contributed by atoms with Crippen LogP contribution in [0, 0.1) is 0 Å². The molecule has 0 saturated carbocycles. The van der Waals surface area contributed by atoms with Crippen molar-refractivity contribution < 1.29 is 0 Å². The van der Waals surface area contributed by atoms with Crippen molar-refractivity contribution in [2.45, 2.75) is 32.1 Å². The second-order valence-electron chi connectivity index (χ2n) is 3.71. The summed E-state index contributed by atoms with van der Waals surface area (Å²) in [7, 11) is 0. The zero-order valence-electron chi connectivity index (χ0n) is 9.05. The van der Waals surface area contributed by atoms with Crippen LogP contribution < -0.4 is 5.32 Å². The molecular weight excluding hydrogens is 180 g/mol. The van der Waals surface area contributed by atoms with E-state index in [-0.39, 0.29) is 0 Å². The van der Waals surface area contributed by atoms with Gasteiger partial charge in [-0.3, -0.25) is 4.90 Å². The molecule has 2 atom stereocenters. The fourth-order valence-electron chi connectivity index (χ4n) is 1.71. The fourth-order valence-corrected chi connectivity index (χ4v) is 2.87. The van der Waals surface area contributed by atoms with Crippen molar-refractivity contribution in [1.29, 1.82) is 0 Å². The molecule has 1 fully saturated rings. The van der Waals surface area contributed by atoms with Gasteiger partial charge < -0.3 is 5.32 Å². The molecule has 13 heavy (non-hydrogen) atoms. The van der Waals surface area contributed by atoms with Gasteiger partial charge in [-0.05, 0) is 13.5 Å². The molecule has 0 bridgehead atoms. The molecule has 2 nitrogen and oxygen atoms in total. The van der Waals surface area contributed by atoms with E-state index in [1.54, 1.807) is 0 Å². The van der Waals surface area contributed by atoms with Crippen molar-refractivity contribution in [2.75, 3.05) is 31.9 Å². The molecule has 3 heteroatoms. The maximum atomic E-state index is 3.38. The predicted octanol–water partition coefficient (Wildman–Crippen LogP) is 1.42. The average molecular weight is 202 g/mol. The van der Waals surface area contributed by atoms with Gasteiger partial charge in [0, 0.05) is 36.7 Å². The van der Waals surface area contributed by atoms with E-state index >= 15 is 0 Å². The Morgan fingerprint density at radius 2 is 2.23 bits per heavy atom. The summed E-state index contributed by atoms with van der Waals surface area (Å²) in [4.78, 5) is 2.60. The predicted molar refractivity (Wildman–Crippen MR) is 61.5 cm³/mol. The lowest BCUT2D eigenvalue weighted by atomic mass is 10.2. The third-order valence-corrected chi connectivity index (χ3v) is 4.18. The topological polar surface area (TPSA) is 15.3 Å². The summed E-state index contributed by atoms with van der Waals surface area (Å²) in [5.74, 6) is 1.30. The second kappa shape index (κ2) is 5.89. The van der Waals surface area contributed by atoms with E-state index < -0.39 is 0 Å². The number of hydrogen-bond acceptors (Lipinski definition) is 3. The van der Waals surface area contributed by atoms with Crippen molar-refractivity contribution in [2.24, 2.45) is 0 Å². The van der Waals surface area contributed by atoms with Crippen LogP contribution in [0.25, 0.3) is 0 Å². The molecule has 78 valence electrons. The van der Waals surface area contributed by atoms with E-state index in [0.717, 1.165) is 24.4 Å². The molecule has 0 aromatic heterocycles. The first-order valence-corrected chi connectivity index (χ1v) is 6.37. The quantitative estimate of drug-likeness (QED) is 0.694. The van der Waals surface area contributed by atoms with Gasteiger partial charge in [0.05, 0.1) is 0 Å². The van der Waals surface area contributed by atoms with Gasteiger partial charge >= 0.3 is 0 Å². The number of likely N-dealkylation sites (N-methyl/N-ethyl adjacent to an activating group) is 1. The van der Waals surface area contributed by atoms with E-state index in [2.05, 4.69) is 42.7 Å². The Balaban J connectivity index is 2.23. The highest BCUT2D eigenvalue weighted by atomic mass is 32.2. The summed E-state index contributed by atoms with van der Waals surface area (Å²) in [5, 5.41) is 4.18. The second-order valence-corrected chi connectivity index (χ2v) is 5.19.